The summed E-state index contributed by atoms with van der Waals surface area (Å²) in [4.78, 5) is 20.1. The third-order valence-electron chi connectivity index (χ3n) is 5.21. The van der Waals surface area contributed by atoms with Crippen LogP contribution in [0.5, 0.6) is 0 Å². The maximum Gasteiger partial charge on any atom is 0.159 e. The standard InChI is InChI=1S/C21H14FNOS.C7H10S.CH4/c1-13(24)15-8-11-20-18(12-15)23-21(14-6-9-16(22)10-7-14)17-4-2-3-5-19(17)25-20;1-3-7-4-6(2)5-8-7;/h2-12H,1H3;4-5H,3H2,1-2H3;1H4. The van der Waals surface area contributed by atoms with Crippen LogP contribution in [0.1, 0.15) is 53.2 Å². The van der Waals surface area contributed by atoms with Gasteiger partial charge in [-0.25, -0.2) is 9.38 Å². The molecule has 5 heteroatoms. The molecule has 1 aliphatic heterocycles. The summed E-state index contributed by atoms with van der Waals surface area (Å²) in [6.45, 7) is 5.87. The quantitative estimate of drug-likeness (QED) is 0.237. The van der Waals surface area contributed by atoms with Gasteiger partial charge >= 0.3 is 0 Å². The molecule has 2 nitrogen and oxygen atoms in total. The average molecular weight is 490 g/mol. The van der Waals surface area contributed by atoms with Crippen molar-refractivity contribution in [3.63, 3.8) is 0 Å². The number of thiophene rings is 1. The fourth-order valence-corrected chi connectivity index (χ4v) is 5.29. The van der Waals surface area contributed by atoms with Crippen LogP contribution in [0.25, 0.3) is 0 Å². The monoisotopic (exact) mass is 489 g/mol. The van der Waals surface area contributed by atoms with Crippen LogP contribution in [0.2, 0.25) is 0 Å². The lowest BCUT2D eigenvalue weighted by Gasteiger charge is -2.08. The molecule has 4 aromatic rings. The van der Waals surface area contributed by atoms with Crippen molar-refractivity contribution in [3.8, 4) is 0 Å². The SMILES string of the molecule is C.CC(=O)c1ccc2c(c1)N=C(c1ccc(F)cc1)c1ccccc1S2.CCc1cc(C)cs1. The molecule has 0 aliphatic carbocycles. The number of benzene rings is 3. The van der Waals surface area contributed by atoms with Gasteiger partial charge in [-0.15, -0.1) is 11.3 Å². The first-order valence-corrected chi connectivity index (χ1v) is 12.4. The normalized spacial score (nSPS) is 11.6. The smallest absolute Gasteiger partial charge is 0.159 e. The molecule has 0 amide bonds. The summed E-state index contributed by atoms with van der Waals surface area (Å²) >= 11 is 3.47. The molecule has 2 heterocycles. The molecule has 5 rings (SSSR count). The van der Waals surface area contributed by atoms with Gasteiger partial charge in [0.25, 0.3) is 0 Å². The molecule has 0 fully saturated rings. The largest absolute Gasteiger partial charge is 0.295 e. The second-order valence-corrected chi connectivity index (χ2v) is 9.83. The Bertz CT molecular complexity index is 1320. The van der Waals surface area contributed by atoms with E-state index in [0.717, 1.165) is 32.3 Å². The molecule has 1 aromatic heterocycles. The van der Waals surface area contributed by atoms with E-state index in [0.29, 0.717) is 5.56 Å². The van der Waals surface area contributed by atoms with Gasteiger partial charge in [0.2, 0.25) is 0 Å². The third kappa shape index (κ3) is 5.91. The fraction of sp³-hybridized carbons (Fsp3) is 0.172. The summed E-state index contributed by atoms with van der Waals surface area (Å²) in [5.41, 5.74) is 5.41. The van der Waals surface area contributed by atoms with E-state index in [4.69, 9.17) is 4.99 Å². The number of carbonyl (C=O) groups excluding carboxylic acids is 1. The van der Waals surface area contributed by atoms with Crippen molar-refractivity contribution in [2.75, 3.05) is 0 Å². The van der Waals surface area contributed by atoms with Crippen LogP contribution >= 0.6 is 23.1 Å². The summed E-state index contributed by atoms with van der Waals surface area (Å²) in [6.07, 6.45) is 1.18. The molecule has 3 aromatic carbocycles. The second-order valence-electron chi connectivity index (χ2n) is 7.75. The number of nitrogens with zero attached hydrogens (tertiary/aromatic N) is 1. The first-order valence-electron chi connectivity index (χ1n) is 10.8. The maximum absolute atomic E-state index is 13.3. The number of Topliss-reactive ketones (excluding diaryl/α,β-unsaturated/α-hetero) is 1. The number of hydrogen-bond donors (Lipinski definition) is 0. The van der Waals surface area contributed by atoms with Gasteiger partial charge in [-0.05, 0) is 79.7 Å². The number of aryl methyl sites for hydroxylation is 2. The molecule has 0 spiro atoms. The van der Waals surface area contributed by atoms with Crippen LogP contribution in [0.4, 0.5) is 10.1 Å². The number of hydrogen-bond acceptors (Lipinski definition) is 4. The van der Waals surface area contributed by atoms with E-state index in [2.05, 4.69) is 25.3 Å². The zero-order valence-electron chi connectivity index (χ0n) is 18.8. The molecule has 0 N–H and O–H groups in total. The van der Waals surface area contributed by atoms with Gasteiger partial charge in [-0.3, -0.25) is 4.79 Å². The van der Waals surface area contributed by atoms with Crippen LogP contribution in [0.3, 0.4) is 0 Å². The van der Waals surface area contributed by atoms with Crippen LogP contribution in [0, 0.1) is 12.7 Å². The number of carbonyl (C=O) groups is 1. The lowest BCUT2D eigenvalue weighted by Crippen LogP contribution is -2.04. The van der Waals surface area contributed by atoms with E-state index in [1.807, 2.05) is 53.8 Å². The molecule has 0 radical (unpaired) electrons. The Hall–Kier alpha value is -3.02. The van der Waals surface area contributed by atoms with Crippen molar-refractivity contribution in [3.05, 3.63) is 111 Å². The van der Waals surface area contributed by atoms with E-state index in [1.165, 1.54) is 29.0 Å². The van der Waals surface area contributed by atoms with E-state index < -0.39 is 0 Å². The Kier molecular flexibility index (Phi) is 8.59. The van der Waals surface area contributed by atoms with Crippen molar-refractivity contribution >= 4 is 40.3 Å². The molecule has 0 saturated heterocycles. The molecular weight excluding hydrogens is 461 g/mol. The number of aliphatic imine (C=N–C) groups is 1. The highest BCUT2D eigenvalue weighted by molar-refractivity contribution is 7.99. The van der Waals surface area contributed by atoms with Crippen LogP contribution in [-0.2, 0) is 6.42 Å². The van der Waals surface area contributed by atoms with Gasteiger partial charge < -0.3 is 0 Å². The minimum atomic E-state index is -0.278. The Morgan fingerprint density at radius 2 is 1.71 bits per heavy atom. The molecule has 0 bridgehead atoms. The van der Waals surface area contributed by atoms with Gasteiger partial charge in [-0.1, -0.05) is 50.4 Å². The average Bonchev–Trinajstić information content (AvgIpc) is 3.17. The number of fused-ring (bicyclic) bond motifs is 2. The molecular formula is C29H28FNOS2. The second kappa shape index (κ2) is 11.4. The highest BCUT2D eigenvalue weighted by Gasteiger charge is 2.19. The number of ketones is 1. The minimum absolute atomic E-state index is 0. The van der Waals surface area contributed by atoms with Crippen molar-refractivity contribution in [1.29, 1.82) is 0 Å². The minimum Gasteiger partial charge on any atom is -0.295 e. The topological polar surface area (TPSA) is 29.4 Å². The first-order chi connectivity index (χ1) is 15.9. The highest BCUT2D eigenvalue weighted by atomic mass is 32.2. The Morgan fingerprint density at radius 3 is 2.32 bits per heavy atom. The molecule has 0 unspecified atom stereocenters. The Balaban J connectivity index is 0.000000308. The zero-order valence-corrected chi connectivity index (χ0v) is 20.4. The molecule has 1 aliphatic rings. The van der Waals surface area contributed by atoms with Gasteiger partial charge in [0.05, 0.1) is 11.4 Å². The summed E-state index contributed by atoms with van der Waals surface area (Å²) < 4.78 is 13.3. The number of halogens is 1. The highest BCUT2D eigenvalue weighted by Crippen LogP contribution is 2.41. The van der Waals surface area contributed by atoms with Crippen LogP contribution in [-0.4, -0.2) is 11.5 Å². The van der Waals surface area contributed by atoms with Gasteiger partial charge in [0.1, 0.15) is 5.82 Å². The predicted octanol–water partition coefficient (Wildman–Crippen LogP) is 8.92. The van der Waals surface area contributed by atoms with Crippen molar-refractivity contribution in [2.24, 2.45) is 4.99 Å². The first kappa shape index (κ1) is 25.6. The Labute approximate surface area is 209 Å². The summed E-state index contributed by atoms with van der Waals surface area (Å²) in [5.74, 6) is -0.270. The zero-order chi connectivity index (χ0) is 23.4. The summed E-state index contributed by atoms with van der Waals surface area (Å²) in [6, 6.07) is 22.2. The number of rotatable bonds is 3. The van der Waals surface area contributed by atoms with Crippen LogP contribution < -0.4 is 0 Å². The fourth-order valence-electron chi connectivity index (χ4n) is 3.46. The van der Waals surface area contributed by atoms with E-state index >= 15 is 0 Å². The molecule has 0 saturated carbocycles. The van der Waals surface area contributed by atoms with E-state index in [1.54, 1.807) is 30.8 Å². The van der Waals surface area contributed by atoms with Crippen molar-refractivity contribution < 1.29 is 9.18 Å². The predicted molar refractivity (Wildman–Crippen MR) is 144 cm³/mol. The lowest BCUT2D eigenvalue weighted by atomic mass is 10.0. The van der Waals surface area contributed by atoms with E-state index in [-0.39, 0.29) is 19.0 Å². The van der Waals surface area contributed by atoms with Crippen molar-refractivity contribution in [2.45, 2.75) is 44.4 Å². The molecule has 174 valence electrons. The van der Waals surface area contributed by atoms with Gasteiger partial charge in [-0.2, -0.15) is 0 Å². The Morgan fingerprint density at radius 1 is 0.971 bits per heavy atom. The third-order valence-corrected chi connectivity index (χ3v) is 7.55. The lowest BCUT2D eigenvalue weighted by molar-refractivity contribution is 0.101. The van der Waals surface area contributed by atoms with Crippen molar-refractivity contribution in [1.82, 2.24) is 0 Å². The van der Waals surface area contributed by atoms with Gasteiger partial charge in [0.15, 0.2) is 5.78 Å². The molecule has 34 heavy (non-hydrogen) atoms. The molecule has 0 atom stereocenters. The summed E-state index contributed by atoms with van der Waals surface area (Å²) in [5, 5.41) is 2.19. The van der Waals surface area contributed by atoms with Crippen LogP contribution in [0.15, 0.2) is 93.0 Å². The van der Waals surface area contributed by atoms with Gasteiger partial charge in [0, 0.05) is 31.4 Å². The summed E-state index contributed by atoms with van der Waals surface area (Å²) in [7, 11) is 0. The van der Waals surface area contributed by atoms with E-state index in [9.17, 15) is 9.18 Å². The maximum atomic E-state index is 13.3.